The van der Waals surface area contributed by atoms with Crippen molar-refractivity contribution in [3.63, 3.8) is 0 Å². The first-order chi connectivity index (χ1) is 14.3. The quantitative estimate of drug-likeness (QED) is 0.440. The highest BCUT2D eigenvalue weighted by atomic mass is 32.2. The number of para-hydroxylation sites is 1. The normalized spacial score (nSPS) is 10.5. The predicted octanol–water partition coefficient (Wildman–Crippen LogP) is 5.43. The number of aromatic nitrogens is 1. The Morgan fingerprint density at radius 3 is 2.21 bits per heavy atom. The van der Waals surface area contributed by atoms with E-state index in [1.165, 1.54) is 0 Å². The Morgan fingerprint density at radius 1 is 0.759 bits per heavy atom. The van der Waals surface area contributed by atoms with Crippen LogP contribution < -0.4 is 9.88 Å². The van der Waals surface area contributed by atoms with Gasteiger partial charge in [-0.15, -0.1) is 0 Å². The van der Waals surface area contributed by atoms with Gasteiger partial charge in [0.05, 0.1) is 5.69 Å². The third-order valence-corrected chi connectivity index (χ3v) is 5.51. The van der Waals surface area contributed by atoms with E-state index in [0.717, 1.165) is 26.6 Å². The number of hydrogen-bond acceptors (Lipinski definition) is 2. The highest BCUT2D eigenvalue weighted by molar-refractivity contribution is 7.99. The van der Waals surface area contributed by atoms with Crippen molar-refractivity contribution in [1.29, 1.82) is 0 Å². The molecule has 4 aromatic rings. The summed E-state index contributed by atoms with van der Waals surface area (Å²) in [4.78, 5) is 14.9. The fourth-order valence-electron chi connectivity index (χ4n) is 3.05. The van der Waals surface area contributed by atoms with Crippen molar-refractivity contribution in [3.05, 3.63) is 109 Å². The molecule has 1 heterocycles. The smallest absolute Gasteiger partial charge is 0.290 e. The zero-order valence-electron chi connectivity index (χ0n) is 15.9. The lowest BCUT2D eigenvalue weighted by molar-refractivity contribution is -0.683. The van der Waals surface area contributed by atoms with Crippen LogP contribution in [0.3, 0.4) is 0 Å². The van der Waals surface area contributed by atoms with Gasteiger partial charge >= 0.3 is 0 Å². The molecule has 142 valence electrons. The minimum atomic E-state index is -0.0543. The van der Waals surface area contributed by atoms with Crippen LogP contribution >= 0.6 is 11.8 Å². The van der Waals surface area contributed by atoms with Crippen molar-refractivity contribution < 1.29 is 9.36 Å². The number of rotatable bonds is 6. The van der Waals surface area contributed by atoms with E-state index in [0.29, 0.717) is 0 Å². The van der Waals surface area contributed by atoms with Gasteiger partial charge in [-0.1, -0.05) is 72.4 Å². The SMILES string of the molecule is O=C(C[n+]1cccc(-c2ccccc2)c1)Nc1ccccc1Sc1ccccc1. The van der Waals surface area contributed by atoms with Gasteiger partial charge < -0.3 is 5.32 Å². The van der Waals surface area contributed by atoms with E-state index in [1.807, 2.05) is 83.7 Å². The maximum atomic E-state index is 12.7. The van der Waals surface area contributed by atoms with Gasteiger partial charge in [-0.05, 0) is 35.9 Å². The topological polar surface area (TPSA) is 33.0 Å². The predicted molar refractivity (Wildman–Crippen MR) is 118 cm³/mol. The Morgan fingerprint density at radius 2 is 1.41 bits per heavy atom. The summed E-state index contributed by atoms with van der Waals surface area (Å²) in [5.41, 5.74) is 3.04. The molecule has 0 spiro atoms. The number of pyridine rings is 1. The Balaban J connectivity index is 1.47. The maximum Gasteiger partial charge on any atom is 0.290 e. The summed E-state index contributed by atoms with van der Waals surface area (Å²) in [5, 5.41) is 3.06. The average molecular weight is 398 g/mol. The van der Waals surface area contributed by atoms with Crippen molar-refractivity contribution in [2.24, 2.45) is 0 Å². The average Bonchev–Trinajstić information content (AvgIpc) is 2.77. The van der Waals surface area contributed by atoms with Gasteiger partial charge in [0.2, 0.25) is 6.54 Å². The molecule has 29 heavy (non-hydrogen) atoms. The van der Waals surface area contributed by atoms with Gasteiger partial charge in [-0.3, -0.25) is 4.79 Å². The van der Waals surface area contributed by atoms with E-state index in [1.54, 1.807) is 11.8 Å². The van der Waals surface area contributed by atoms with Crippen molar-refractivity contribution in [2.45, 2.75) is 16.3 Å². The monoisotopic (exact) mass is 397 g/mol. The first kappa shape index (κ1) is 19.0. The third kappa shape index (κ3) is 5.12. The minimum absolute atomic E-state index is 0.0543. The molecule has 0 aliphatic carbocycles. The van der Waals surface area contributed by atoms with E-state index < -0.39 is 0 Å². The van der Waals surface area contributed by atoms with Crippen LogP contribution in [0, 0.1) is 0 Å². The van der Waals surface area contributed by atoms with E-state index >= 15 is 0 Å². The molecule has 0 saturated carbocycles. The summed E-state index contributed by atoms with van der Waals surface area (Å²) in [5.74, 6) is -0.0543. The highest BCUT2D eigenvalue weighted by Gasteiger charge is 2.13. The molecule has 1 amide bonds. The molecule has 0 aliphatic rings. The molecule has 0 saturated heterocycles. The van der Waals surface area contributed by atoms with E-state index in [4.69, 9.17) is 0 Å². The van der Waals surface area contributed by atoms with E-state index in [-0.39, 0.29) is 12.5 Å². The van der Waals surface area contributed by atoms with Crippen molar-refractivity contribution in [2.75, 3.05) is 5.32 Å². The third-order valence-electron chi connectivity index (χ3n) is 4.42. The van der Waals surface area contributed by atoms with Crippen molar-refractivity contribution in [1.82, 2.24) is 0 Å². The van der Waals surface area contributed by atoms with E-state index in [2.05, 4.69) is 35.6 Å². The van der Waals surface area contributed by atoms with Crippen molar-refractivity contribution >= 4 is 23.4 Å². The number of carbonyl (C=O) groups excluding carboxylic acids is 1. The largest absolute Gasteiger partial charge is 0.320 e. The molecule has 3 nitrogen and oxygen atoms in total. The van der Waals surface area contributed by atoms with Crippen molar-refractivity contribution in [3.8, 4) is 11.1 Å². The summed E-state index contributed by atoms with van der Waals surface area (Å²) in [6.07, 6.45) is 3.91. The van der Waals surface area contributed by atoms with Gasteiger partial charge in [-0.25, -0.2) is 0 Å². The summed E-state index contributed by atoms with van der Waals surface area (Å²) in [6, 6.07) is 32.2. The molecule has 1 N–H and O–H groups in total. The summed E-state index contributed by atoms with van der Waals surface area (Å²) >= 11 is 1.64. The molecule has 0 bridgehead atoms. The van der Waals surface area contributed by atoms with Gasteiger partial charge in [0.15, 0.2) is 12.4 Å². The number of hydrogen-bond donors (Lipinski definition) is 1. The van der Waals surface area contributed by atoms with Crippen LogP contribution in [0.15, 0.2) is 119 Å². The molecular formula is C25H21N2OS+. The fraction of sp³-hybridized carbons (Fsp3) is 0.0400. The first-order valence-electron chi connectivity index (χ1n) is 9.44. The number of carbonyl (C=O) groups is 1. The second kappa shape index (κ2) is 9.22. The Kier molecular flexibility index (Phi) is 6.03. The summed E-state index contributed by atoms with van der Waals surface area (Å²) in [7, 11) is 0. The van der Waals surface area contributed by atoms with Crippen LogP contribution in [0.25, 0.3) is 11.1 Å². The molecule has 4 rings (SSSR count). The van der Waals surface area contributed by atoms with E-state index in [9.17, 15) is 4.79 Å². The molecule has 3 aromatic carbocycles. The Hall–Kier alpha value is -3.37. The molecule has 4 heteroatoms. The number of nitrogens with zero attached hydrogens (tertiary/aromatic N) is 1. The highest BCUT2D eigenvalue weighted by Crippen LogP contribution is 2.33. The summed E-state index contributed by atoms with van der Waals surface area (Å²) in [6.45, 7) is 0.255. The zero-order chi connectivity index (χ0) is 19.9. The van der Waals surface area contributed by atoms with Gasteiger partial charge in [0, 0.05) is 21.4 Å². The lowest BCUT2D eigenvalue weighted by Gasteiger charge is -2.10. The second-order valence-corrected chi connectivity index (χ2v) is 7.71. The number of anilines is 1. The van der Waals surface area contributed by atoms with Gasteiger partial charge in [0.1, 0.15) is 0 Å². The Bertz CT molecular complexity index is 1100. The van der Waals surface area contributed by atoms with Crippen LogP contribution in [-0.2, 0) is 11.3 Å². The molecule has 0 unspecified atom stereocenters. The number of nitrogens with one attached hydrogen (secondary N) is 1. The lowest BCUT2D eigenvalue weighted by Crippen LogP contribution is -2.39. The number of benzene rings is 3. The second-order valence-electron chi connectivity index (χ2n) is 6.59. The van der Waals surface area contributed by atoms with Crippen LogP contribution in [0.2, 0.25) is 0 Å². The minimum Gasteiger partial charge on any atom is -0.320 e. The molecule has 1 aromatic heterocycles. The number of amides is 1. The van der Waals surface area contributed by atoms with Crippen LogP contribution in [0.5, 0.6) is 0 Å². The molecule has 0 radical (unpaired) electrons. The summed E-state index contributed by atoms with van der Waals surface area (Å²) < 4.78 is 1.91. The van der Waals surface area contributed by atoms with Crippen LogP contribution in [0.4, 0.5) is 5.69 Å². The maximum absolute atomic E-state index is 12.7. The standard InChI is InChI=1S/C25H20N2OS/c28-25(19-27-17-9-12-21(18-27)20-10-3-1-4-11-20)26-23-15-7-8-16-24(23)29-22-13-5-2-6-14-22/h1-18H,19H2/p+1. The fourth-order valence-corrected chi connectivity index (χ4v) is 3.97. The molecular weight excluding hydrogens is 376 g/mol. The molecule has 0 aliphatic heterocycles. The molecule has 0 fully saturated rings. The van der Waals surface area contributed by atoms with Gasteiger partial charge in [0.25, 0.3) is 5.91 Å². The van der Waals surface area contributed by atoms with Crippen LogP contribution in [-0.4, -0.2) is 5.91 Å². The zero-order valence-corrected chi connectivity index (χ0v) is 16.7. The Labute approximate surface area is 175 Å². The molecule has 0 atom stereocenters. The lowest BCUT2D eigenvalue weighted by atomic mass is 10.1. The van der Waals surface area contributed by atoms with Gasteiger partial charge in [-0.2, -0.15) is 4.57 Å². The first-order valence-corrected chi connectivity index (χ1v) is 10.3. The van der Waals surface area contributed by atoms with Crippen LogP contribution in [0.1, 0.15) is 0 Å².